The summed E-state index contributed by atoms with van der Waals surface area (Å²) in [5, 5.41) is 12.3. The predicted octanol–water partition coefficient (Wildman–Crippen LogP) is 1.91. The molecule has 3 aromatic rings. The Bertz CT molecular complexity index is 1040. The zero-order valence-electron chi connectivity index (χ0n) is 16.6. The number of hydrogen-bond donors (Lipinski definition) is 1. The van der Waals surface area contributed by atoms with Gasteiger partial charge in [0.05, 0.1) is 29.1 Å². The Morgan fingerprint density at radius 1 is 1.21 bits per heavy atom. The molecule has 148 valence electrons. The van der Waals surface area contributed by atoms with Crippen LogP contribution in [0.25, 0.3) is 16.6 Å². The van der Waals surface area contributed by atoms with Crippen LogP contribution in [0, 0.1) is 13.8 Å². The third-order valence-electron chi connectivity index (χ3n) is 4.73. The summed E-state index contributed by atoms with van der Waals surface area (Å²) in [4.78, 5) is 25.8. The fourth-order valence-electron chi connectivity index (χ4n) is 3.28. The minimum Gasteiger partial charge on any atom is -0.383 e. The van der Waals surface area contributed by atoms with Gasteiger partial charge in [0.2, 0.25) is 5.91 Å². The zero-order chi connectivity index (χ0) is 20.3. The minimum atomic E-state index is -0.688. The molecule has 3 rings (SSSR count). The predicted molar refractivity (Wildman–Crippen MR) is 107 cm³/mol. The highest BCUT2D eigenvalue weighted by molar-refractivity contribution is 5.84. The van der Waals surface area contributed by atoms with E-state index in [9.17, 15) is 9.59 Å². The van der Waals surface area contributed by atoms with Gasteiger partial charge in [-0.2, -0.15) is 10.2 Å². The van der Waals surface area contributed by atoms with Crippen molar-refractivity contribution in [3.8, 4) is 5.69 Å². The van der Waals surface area contributed by atoms with Gasteiger partial charge in [0.25, 0.3) is 5.56 Å². The summed E-state index contributed by atoms with van der Waals surface area (Å²) in [6.07, 6.45) is 0.447. The lowest BCUT2D eigenvalue weighted by atomic mass is 10.2. The Kier molecular flexibility index (Phi) is 5.89. The molecule has 0 unspecified atom stereocenters. The van der Waals surface area contributed by atoms with Crippen LogP contribution in [0.4, 0.5) is 0 Å². The number of carbonyl (C=O) groups excluding carboxylic acids is 1. The van der Waals surface area contributed by atoms with Crippen molar-refractivity contribution in [3.05, 3.63) is 52.1 Å². The van der Waals surface area contributed by atoms with E-state index in [0.29, 0.717) is 36.2 Å². The molecule has 0 spiro atoms. The molecule has 2 heterocycles. The maximum atomic E-state index is 13.2. The normalized spacial score (nSPS) is 12.3. The van der Waals surface area contributed by atoms with Crippen LogP contribution in [-0.2, 0) is 9.53 Å². The van der Waals surface area contributed by atoms with Gasteiger partial charge in [-0.25, -0.2) is 9.36 Å². The monoisotopic (exact) mass is 383 g/mol. The number of ether oxygens (including phenoxy) is 1. The molecule has 0 saturated heterocycles. The Hall–Kier alpha value is -3.00. The van der Waals surface area contributed by atoms with Gasteiger partial charge in [-0.3, -0.25) is 9.59 Å². The van der Waals surface area contributed by atoms with Crippen LogP contribution in [-0.4, -0.2) is 45.7 Å². The zero-order valence-corrected chi connectivity index (χ0v) is 16.6. The summed E-state index contributed by atoms with van der Waals surface area (Å²) < 4.78 is 7.98. The number of nitrogens with one attached hydrogen (secondary N) is 1. The van der Waals surface area contributed by atoms with Gasteiger partial charge in [-0.15, -0.1) is 0 Å². The van der Waals surface area contributed by atoms with E-state index in [1.54, 1.807) is 18.7 Å². The largest absolute Gasteiger partial charge is 0.383 e. The van der Waals surface area contributed by atoms with E-state index in [4.69, 9.17) is 4.74 Å². The molecule has 1 aromatic carbocycles. The van der Waals surface area contributed by atoms with E-state index < -0.39 is 6.04 Å². The van der Waals surface area contributed by atoms with Gasteiger partial charge in [0.15, 0.2) is 0 Å². The number of amides is 1. The second-order valence-corrected chi connectivity index (χ2v) is 6.60. The van der Waals surface area contributed by atoms with Crippen LogP contribution in [0.3, 0.4) is 0 Å². The average molecular weight is 383 g/mol. The molecular weight excluding hydrogens is 358 g/mol. The Morgan fingerprint density at radius 3 is 2.57 bits per heavy atom. The first-order valence-electron chi connectivity index (χ1n) is 9.30. The van der Waals surface area contributed by atoms with Gasteiger partial charge in [-0.05, 0) is 32.4 Å². The summed E-state index contributed by atoms with van der Waals surface area (Å²) in [6, 6.07) is 8.93. The Morgan fingerprint density at radius 2 is 1.93 bits per heavy atom. The fourth-order valence-corrected chi connectivity index (χ4v) is 3.28. The van der Waals surface area contributed by atoms with Crippen molar-refractivity contribution in [1.82, 2.24) is 24.9 Å². The number of carbonyl (C=O) groups is 1. The van der Waals surface area contributed by atoms with Crippen molar-refractivity contribution in [3.63, 3.8) is 0 Å². The maximum Gasteiger partial charge on any atom is 0.278 e. The molecule has 1 atom stereocenters. The van der Waals surface area contributed by atoms with Crippen molar-refractivity contribution in [2.24, 2.45) is 0 Å². The van der Waals surface area contributed by atoms with Crippen LogP contribution in [0.5, 0.6) is 0 Å². The van der Waals surface area contributed by atoms with Gasteiger partial charge < -0.3 is 10.1 Å². The molecule has 0 saturated carbocycles. The van der Waals surface area contributed by atoms with E-state index in [1.165, 1.54) is 4.68 Å². The summed E-state index contributed by atoms with van der Waals surface area (Å²) in [5.41, 5.74) is 2.44. The Labute approximate surface area is 163 Å². The summed E-state index contributed by atoms with van der Waals surface area (Å²) in [5.74, 6) is -0.249. The average Bonchev–Trinajstić information content (AvgIpc) is 3.05. The van der Waals surface area contributed by atoms with Gasteiger partial charge in [0, 0.05) is 13.7 Å². The molecule has 0 aliphatic carbocycles. The van der Waals surface area contributed by atoms with Crippen LogP contribution in [0.15, 0.2) is 35.1 Å². The third-order valence-corrected chi connectivity index (χ3v) is 4.73. The summed E-state index contributed by atoms with van der Waals surface area (Å²) in [7, 11) is 1.57. The summed E-state index contributed by atoms with van der Waals surface area (Å²) >= 11 is 0. The third kappa shape index (κ3) is 3.55. The van der Waals surface area contributed by atoms with E-state index in [-0.39, 0.29) is 11.5 Å². The van der Waals surface area contributed by atoms with Crippen LogP contribution in [0.1, 0.15) is 30.8 Å². The lowest BCUT2D eigenvalue weighted by molar-refractivity contribution is -0.125. The van der Waals surface area contributed by atoms with E-state index in [1.807, 2.05) is 44.2 Å². The quantitative estimate of drug-likeness (QED) is 0.630. The lowest BCUT2D eigenvalue weighted by Gasteiger charge is -2.17. The fraction of sp³-hybridized carbons (Fsp3) is 0.400. The van der Waals surface area contributed by atoms with Crippen molar-refractivity contribution in [2.75, 3.05) is 20.3 Å². The molecule has 1 N–H and O–H groups in total. The molecule has 8 nitrogen and oxygen atoms in total. The number of fused-ring (bicyclic) bond motifs is 1. The lowest BCUT2D eigenvalue weighted by Crippen LogP contribution is -2.39. The van der Waals surface area contributed by atoms with Crippen molar-refractivity contribution >= 4 is 16.8 Å². The molecule has 28 heavy (non-hydrogen) atoms. The second-order valence-electron chi connectivity index (χ2n) is 6.60. The molecule has 0 aliphatic heterocycles. The molecule has 1 amide bonds. The summed E-state index contributed by atoms with van der Waals surface area (Å²) in [6.45, 7) is 6.30. The maximum absolute atomic E-state index is 13.2. The topological polar surface area (TPSA) is 91.0 Å². The van der Waals surface area contributed by atoms with Crippen LogP contribution in [0.2, 0.25) is 0 Å². The highest BCUT2D eigenvalue weighted by Gasteiger charge is 2.25. The number of benzene rings is 1. The molecule has 0 aliphatic rings. The number of nitrogens with zero attached hydrogens (tertiary/aromatic N) is 4. The van der Waals surface area contributed by atoms with Gasteiger partial charge in [0.1, 0.15) is 11.6 Å². The highest BCUT2D eigenvalue weighted by atomic mass is 16.5. The molecule has 0 bridgehead atoms. The number of methoxy groups -OCH3 is 1. The number of aryl methyl sites for hydroxylation is 2. The van der Waals surface area contributed by atoms with E-state index in [2.05, 4.69) is 15.5 Å². The Balaban J connectivity index is 2.10. The van der Waals surface area contributed by atoms with Gasteiger partial charge >= 0.3 is 0 Å². The first kappa shape index (κ1) is 19.8. The van der Waals surface area contributed by atoms with Crippen LogP contribution < -0.4 is 10.9 Å². The molecule has 0 fully saturated rings. The molecule has 2 aromatic heterocycles. The molecule has 0 radical (unpaired) electrons. The standard InChI is InChI=1S/C20H25N5O3/c1-5-16(19(26)21-11-12-28-4)25-20(27)17-14(3)24(15-9-7-6-8-10-15)23-18(17)13(2)22-25/h6-10,16H,5,11-12H2,1-4H3,(H,21,26)/t16-/m1/s1. The number of para-hydroxylation sites is 1. The SMILES string of the molecule is CC[C@H](C(=O)NCCOC)n1nc(C)c2nn(-c3ccccc3)c(C)c2c1=O. The second kappa shape index (κ2) is 8.35. The smallest absolute Gasteiger partial charge is 0.278 e. The number of aromatic nitrogens is 4. The van der Waals surface area contributed by atoms with Crippen molar-refractivity contribution in [2.45, 2.75) is 33.2 Å². The number of hydrogen-bond acceptors (Lipinski definition) is 5. The van der Waals surface area contributed by atoms with Crippen LogP contribution >= 0.6 is 0 Å². The van der Waals surface area contributed by atoms with E-state index in [0.717, 1.165) is 11.4 Å². The minimum absolute atomic E-state index is 0.249. The molecule has 8 heteroatoms. The highest BCUT2D eigenvalue weighted by Crippen LogP contribution is 2.21. The van der Waals surface area contributed by atoms with Crippen molar-refractivity contribution in [1.29, 1.82) is 0 Å². The van der Waals surface area contributed by atoms with E-state index >= 15 is 0 Å². The number of rotatable bonds is 7. The molecular formula is C20H25N5O3. The first-order valence-corrected chi connectivity index (χ1v) is 9.30. The van der Waals surface area contributed by atoms with Gasteiger partial charge in [-0.1, -0.05) is 25.1 Å². The van der Waals surface area contributed by atoms with Crippen molar-refractivity contribution < 1.29 is 9.53 Å². The first-order chi connectivity index (χ1) is 13.5.